The second-order valence-electron chi connectivity index (χ2n) is 11.3. The Bertz CT molecular complexity index is 1580. The minimum atomic E-state index is -0.432. The molecule has 0 radical (unpaired) electrons. The van der Waals surface area contributed by atoms with Crippen LogP contribution in [-0.2, 0) is 5.41 Å². The van der Waals surface area contributed by atoms with E-state index in [-0.39, 0.29) is 8.65 Å². The topological polar surface area (TPSA) is 18.5 Å². The van der Waals surface area contributed by atoms with Crippen LogP contribution in [0.2, 0.25) is 0 Å². The first kappa shape index (κ1) is 37.6. The Hall–Kier alpha value is 1.80. The molecule has 0 amide bonds. The maximum atomic E-state index is 6.50. The Balaban J connectivity index is 1.99. The molecule has 4 aromatic carbocycles. The van der Waals surface area contributed by atoms with E-state index < -0.39 is 5.41 Å². The van der Waals surface area contributed by atoms with Gasteiger partial charge in [-0.25, -0.2) is 0 Å². The van der Waals surface area contributed by atoms with Crippen molar-refractivity contribution in [3.05, 3.63) is 74.4 Å². The van der Waals surface area contributed by atoms with E-state index in [2.05, 4.69) is 223 Å². The Labute approximate surface area is 337 Å². The van der Waals surface area contributed by atoms with Crippen LogP contribution in [0.1, 0.15) is 38.8 Å². The predicted octanol–water partition coefficient (Wildman–Crippen LogP) is 14.7. The molecular formula is C31H26Br10O2. The Kier molecular flexibility index (Phi) is 12.9. The molecule has 232 valence electrons. The molecule has 43 heavy (non-hydrogen) atoms. The summed E-state index contributed by atoms with van der Waals surface area (Å²) in [5, 5.41) is 5.68. The molecule has 0 fully saturated rings. The van der Waals surface area contributed by atoms with Crippen molar-refractivity contribution < 1.29 is 9.47 Å². The van der Waals surface area contributed by atoms with Crippen molar-refractivity contribution >= 4 is 181 Å². The normalized spacial score (nSPS) is 15.0. The Morgan fingerprint density at radius 3 is 1.19 bits per heavy atom. The molecule has 0 aliphatic rings. The van der Waals surface area contributed by atoms with Crippen LogP contribution in [0.4, 0.5) is 0 Å². The van der Waals surface area contributed by atoms with Gasteiger partial charge in [-0.2, -0.15) is 0 Å². The highest BCUT2D eigenvalue weighted by molar-refractivity contribution is 9.13. The van der Waals surface area contributed by atoms with Crippen LogP contribution in [0, 0.1) is 0 Å². The van der Waals surface area contributed by atoms with Gasteiger partial charge in [-0.15, -0.1) is 0 Å². The van der Waals surface area contributed by atoms with Crippen LogP contribution < -0.4 is 9.47 Å². The average molecular weight is 1230 g/mol. The maximum Gasteiger partial charge on any atom is 0.142 e. The third-order valence-electron chi connectivity index (χ3n) is 7.12. The smallest absolute Gasteiger partial charge is 0.142 e. The molecule has 0 saturated heterocycles. The molecule has 0 aliphatic carbocycles. The third-order valence-corrected chi connectivity index (χ3v) is 15.9. The number of halogens is 10. The summed E-state index contributed by atoms with van der Waals surface area (Å²) in [6, 6.07) is 12.8. The van der Waals surface area contributed by atoms with Gasteiger partial charge in [-0.1, -0.05) is 153 Å². The van der Waals surface area contributed by atoms with Crippen molar-refractivity contribution in [3.8, 4) is 11.5 Å². The van der Waals surface area contributed by atoms with E-state index in [4.69, 9.17) is 9.47 Å². The van der Waals surface area contributed by atoms with E-state index in [1.165, 1.54) is 0 Å². The number of fused-ring (bicyclic) bond motifs is 2. The molecule has 0 aliphatic heterocycles. The summed E-state index contributed by atoms with van der Waals surface area (Å²) in [4.78, 5) is 0. The zero-order valence-corrected chi connectivity index (χ0v) is 39.2. The fraction of sp³-hybridized carbons (Fsp3) is 0.355. The van der Waals surface area contributed by atoms with Crippen molar-refractivity contribution in [1.29, 1.82) is 0 Å². The van der Waals surface area contributed by atoms with Gasteiger partial charge in [0, 0.05) is 55.5 Å². The van der Waals surface area contributed by atoms with Crippen LogP contribution in [0.5, 0.6) is 11.5 Å². The largest absolute Gasteiger partial charge is 0.490 e. The summed E-state index contributed by atoms with van der Waals surface area (Å²) in [5.41, 5.74) is 1.88. The minimum Gasteiger partial charge on any atom is -0.490 e. The number of benzene rings is 4. The van der Waals surface area contributed by atoms with Gasteiger partial charge in [0.15, 0.2) is 0 Å². The lowest BCUT2D eigenvalue weighted by Crippen LogP contribution is -2.27. The first-order valence-corrected chi connectivity index (χ1v) is 21.5. The number of alkyl halides is 4. The Morgan fingerprint density at radius 2 is 0.860 bits per heavy atom. The summed E-state index contributed by atoms with van der Waals surface area (Å²) in [5.74, 6) is 1.58. The van der Waals surface area contributed by atoms with Gasteiger partial charge < -0.3 is 9.47 Å². The van der Waals surface area contributed by atoms with E-state index in [0.717, 1.165) is 81.7 Å². The zero-order valence-electron chi connectivity index (χ0n) is 23.4. The molecule has 0 aromatic heterocycles. The summed E-state index contributed by atoms with van der Waals surface area (Å²) in [7, 11) is 0. The van der Waals surface area contributed by atoms with Gasteiger partial charge in [-0.05, 0) is 81.1 Å². The number of rotatable bonds is 10. The van der Waals surface area contributed by atoms with Crippen molar-refractivity contribution in [3.63, 3.8) is 0 Å². The molecule has 0 heterocycles. The molecule has 12 heteroatoms. The molecule has 2 nitrogen and oxygen atoms in total. The molecule has 2 atom stereocenters. The summed E-state index contributed by atoms with van der Waals surface area (Å²) in [6.45, 7) is 9.71. The van der Waals surface area contributed by atoms with Crippen LogP contribution in [0.15, 0.2) is 63.2 Å². The lowest BCUT2D eigenvalue weighted by molar-refractivity contribution is 0.294. The van der Waals surface area contributed by atoms with Crippen LogP contribution in [0.25, 0.3) is 21.5 Å². The second-order valence-corrected chi connectivity index (χ2v) is 21.4. The first-order chi connectivity index (χ1) is 20.0. The number of hydrogen-bond donors (Lipinski definition) is 0. The van der Waals surface area contributed by atoms with Gasteiger partial charge in [-0.3, -0.25) is 0 Å². The fourth-order valence-corrected chi connectivity index (χ4v) is 9.38. The average Bonchev–Trinajstić information content (AvgIpc) is 2.93. The van der Waals surface area contributed by atoms with Crippen molar-refractivity contribution in [2.45, 2.75) is 41.8 Å². The van der Waals surface area contributed by atoms with Crippen molar-refractivity contribution in [2.75, 3.05) is 23.9 Å². The minimum absolute atomic E-state index is 0.216. The number of ether oxygens (including phenoxy) is 2. The monoisotopic (exact) mass is 1220 g/mol. The highest BCUT2D eigenvalue weighted by Crippen LogP contribution is 2.51. The van der Waals surface area contributed by atoms with Crippen molar-refractivity contribution in [1.82, 2.24) is 0 Å². The molecule has 0 spiro atoms. The summed E-state index contributed by atoms with van der Waals surface area (Å²) in [6.07, 6.45) is 0. The van der Waals surface area contributed by atoms with Crippen molar-refractivity contribution in [2.24, 2.45) is 0 Å². The van der Waals surface area contributed by atoms with Gasteiger partial charge in [0.1, 0.15) is 24.7 Å². The third kappa shape index (κ3) is 8.00. The van der Waals surface area contributed by atoms with E-state index in [1.54, 1.807) is 0 Å². The first-order valence-electron chi connectivity index (χ1n) is 12.9. The standard InChI is InChI=1S/C31H26Br10O2/c1-29(2,15-5-7-17(34)25-23(15)19(36)9-21(38)27(25)42-13-30(3,40)11-32)16-6-8-18(35)26-24(16)20(37)10-22(39)28(26)43-14-31(4,41)12-33/h5-10H,11-14H2,1-4H3. The van der Waals surface area contributed by atoms with Gasteiger partial charge in [0.2, 0.25) is 0 Å². The molecule has 0 saturated carbocycles. The zero-order chi connectivity index (χ0) is 32.1. The molecule has 4 rings (SSSR count). The molecule has 2 unspecified atom stereocenters. The summed E-state index contributed by atoms with van der Waals surface area (Å²) < 4.78 is 18.2. The lowest BCUT2D eigenvalue weighted by atomic mass is 9.74. The maximum absolute atomic E-state index is 6.50. The van der Waals surface area contributed by atoms with Gasteiger partial charge in [0.25, 0.3) is 0 Å². The molecule has 4 aromatic rings. The second kappa shape index (κ2) is 14.7. The molecule has 0 N–H and O–H groups in total. The highest BCUT2D eigenvalue weighted by atomic mass is 79.9. The van der Waals surface area contributed by atoms with E-state index in [0.29, 0.717) is 13.2 Å². The van der Waals surface area contributed by atoms with Gasteiger partial charge >= 0.3 is 0 Å². The van der Waals surface area contributed by atoms with Crippen LogP contribution >= 0.6 is 159 Å². The van der Waals surface area contributed by atoms with E-state index in [9.17, 15) is 0 Å². The van der Waals surface area contributed by atoms with E-state index in [1.807, 2.05) is 0 Å². The van der Waals surface area contributed by atoms with Gasteiger partial charge in [0.05, 0.1) is 17.6 Å². The van der Waals surface area contributed by atoms with E-state index >= 15 is 0 Å². The van der Waals surface area contributed by atoms with Crippen LogP contribution in [0.3, 0.4) is 0 Å². The Morgan fingerprint density at radius 1 is 0.512 bits per heavy atom. The predicted molar refractivity (Wildman–Crippen MR) is 219 cm³/mol. The molecule has 0 bridgehead atoms. The highest BCUT2D eigenvalue weighted by Gasteiger charge is 2.33. The quantitative estimate of drug-likeness (QED) is 0.147. The molecular weight excluding hydrogens is 1200 g/mol. The lowest BCUT2D eigenvalue weighted by Gasteiger charge is -2.31. The fourth-order valence-electron chi connectivity index (χ4n) is 4.82. The van der Waals surface area contributed by atoms with Crippen LogP contribution in [-0.4, -0.2) is 32.5 Å². The number of hydrogen-bond acceptors (Lipinski definition) is 2. The summed E-state index contributed by atoms with van der Waals surface area (Å²) >= 11 is 37.8. The SMILES string of the molecule is CC(Br)(CBr)COc1c(Br)cc(Br)c2c(C(C)(C)c3ccc(Br)c4c(OCC(C)(Br)CBr)c(Br)cc(Br)c34)ccc(Br)c12.